The average Bonchev–Trinajstić information content (AvgIpc) is 3.25. The number of rotatable bonds is 52. The van der Waals surface area contributed by atoms with Crippen LogP contribution >= 0.6 is 7.82 Å². The van der Waals surface area contributed by atoms with E-state index in [1.54, 1.807) is 6.08 Å². The van der Waals surface area contributed by atoms with Crippen molar-refractivity contribution >= 4 is 13.7 Å². The number of hydrogen-bond donors (Lipinski definition) is 2. The number of nitrogens with one attached hydrogen (secondary N) is 1. The highest BCUT2D eigenvalue weighted by molar-refractivity contribution is 7.45. The monoisotopic (exact) mass is 927 g/mol. The summed E-state index contributed by atoms with van der Waals surface area (Å²) in [5.41, 5.74) is 0. The smallest absolute Gasteiger partial charge is 0.268 e. The summed E-state index contributed by atoms with van der Waals surface area (Å²) in [5.74, 6) is -0.196. The molecule has 0 saturated heterocycles. The second kappa shape index (κ2) is 47.3. The fourth-order valence-electron chi connectivity index (χ4n) is 8.57. The zero-order valence-corrected chi connectivity index (χ0v) is 44.4. The molecule has 0 heterocycles. The Labute approximate surface area is 399 Å². The maximum Gasteiger partial charge on any atom is 0.268 e. The van der Waals surface area contributed by atoms with Crippen LogP contribution in [0.5, 0.6) is 0 Å². The van der Waals surface area contributed by atoms with Crippen molar-refractivity contribution in [2.45, 2.75) is 296 Å². The molecular weight excluding hydrogens is 816 g/mol. The van der Waals surface area contributed by atoms with Gasteiger partial charge in [0.15, 0.2) is 0 Å². The summed E-state index contributed by atoms with van der Waals surface area (Å²) >= 11 is 0. The lowest BCUT2D eigenvalue weighted by Gasteiger charge is -2.29. The molecule has 0 aliphatic heterocycles. The molecule has 0 aromatic rings. The van der Waals surface area contributed by atoms with Crippen molar-refractivity contribution in [3.05, 3.63) is 12.2 Å². The van der Waals surface area contributed by atoms with Crippen LogP contribution in [0.15, 0.2) is 12.2 Å². The molecule has 0 aromatic carbocycles. The van der Waals surface area contributed by atoms with Gasteiger partial charge in [-0.05, 0) is 19.3 Å². The van der Waals surface area contributed by atoms with Gasteiger partial charge in [0.1, 0.15) is 13.2 Å². The van der Waals surface area contributed by atoms with E-state index in [9.17, 15) is 19.4 Å². The molecule has 64 heavy (non-hydrogen) atoms. The number of allylic oxidation sites excluding steroid dienone is 1. The van der Waals surface area contributed by atoms with Crippen LogP contribution in [-0.4, -0.2) is 68.5 Å². The minimum Gasteiger partial charge on any atom is -0.756 e. The number of amides is 1. The minimum atomic E-state index is -4.58. The summed E-state index contributed by atoms with van der Waals surface area (Å²) in [6.07, 6.45) is 57.4. The Kier molecular flexibility index (Phi) is 46.8. The maximum atomic E-state index is 12.8. The lowest BCUT2D eigenvalue weighted by atomic mass is 10.0. The maximum absolute atomic E-state index is 12.8. The van der Waals surface area contributed by atoms with E-state index in [1.807, 2.05) is 27.2 Å². The minimum absolute atomic E-state index is 0.00218. The first-order chi connectivity index (χ1) is 31.0. The van der Waals surface area contributed by atoms with E-state index in [4.69, 9.17) is 9.05 Å². The van der Waals surface area contributed by atoms with Crippen LogP contribution in [0.4, 0.5) is 0 Å². The van der Waals surface area contributed by atoms with E-state index >= 15 is 0 Å². The van der Waals surface area contributed by atoms with Crippen molar-refractivity contribution in [1.29, 1.82) is 0 Å². The molecular formula is C55H111N2O6P. The van der Waals surface area contributed by atoms with Crippen molar-refractivity contribution in [3.8, 4) is 0 Å². The van der Waals surface area contributed by atoms with Crippen molar-refractivity contribution in [2.75, 3.05) is 40.9 Å². The topological polar surface area (TPSA) is 108 Å². The number of quaternary nitrogens is 1. The first-order valence-corrected chi connectivity index (χ1v) is 29.5. The van der Waals surface area contributed by atoms with Crippen LogP contribution in [0.2, 0.25) is 0 Å². The number of aliphatic hydroxyl groups is 1. The van der Waals surface area contributed by atoms with E-state index in [-0.39, 0.29) is 19.1 Å². The zero-order chi connectivity index (χ0) is 47.1. The highest BCUT2D eigenvalue weighted by Crippen LogP contribution is 2.38. The Balaban J connectivity index is 3.97. The van der Waals surface area contributed by atoms with Crippen LogP contribution in [-0.2, 0) is 18.4 Å². The van der Waals surface area contributed by atoms with E-state index in [2.05, 4.69) is 19.2 Å². The van der Waals surface area contributed by atoms with Gasteiger partial charge in [0, 0.05) is 6.42 Å². The van der Waals surface area contributed by atoms with Crippen LogP contribution in [0, 0.1) is 0 Å². The molecule has 0 rings (SSSR count). The molecule has 0 radical (unpaired) electrons. The standard InChI is InChI=1S/C55H111N2O6P/c1-6-8-10-12-14-16-18-19-20-21-22-23-24-25-26-27-28-29-30-31-32-33-34-35-36-37-38-39-40-42-44-46-48-54(58)53(52-63-64(60,61)62-51-50-57(3,4)5)56-55(59)49-47-45-43-41-17-15-13-11-9-7-2/h46,48,53-54,58H,6-45,47,49-52H2,1-5H3,(H-,56,59,60,61)/b48-46+. The number of likely N-dealkylation sites (N-methyl/N-ethyl adjacent to an activating group) is 1. The van der Waals surface area contributed by atoms with Gasteiger partial charge in [-0.25, -0.2) is 0 Å². The van der Waals surface area contributed by atoms with Gasteiger partial charge in [0.05, 0.1) is 39.9 Å². The SMILES string of the molecule is CCCCCCCCCCCCCCCCCCCCCCCCCCCCCCCC/C=C/C(O)C(COP(=O)([O-])OCC[N+](C)(C)C)NC(=O)CCCCCCCCCCCC. The fraction of sp³-hybridized carbons (Fsp3) is 0.945. The molecule has 1 amide bonds. The Morgan fingerprint density at radius 3 is 1.17 bits per heavy atom. The molecule has 3 unspecified atom stereocenters. The summed E-state index contributed by atoms with van der Waals surface area (Å²) in [4.78, 5) is 25.3. The molecule has 0 fully saturated rings. The predicted molar refractivity (Wildman–Crippen MR) is 275 cm³/mol. The van der Waals surface area contributed by atoms with E-state index in [0.717, 1.165) is 38.5 Å². The van der Waals surface area contributed by atoms with Gasteiger partial charge in [-0.2, -0.15) is 0 Å². The number of carbonyl (C=O) groups is 1. The number of nitrogens with zero attached hydrogens (tertiary/aromatic N) is 1. The van der Waals surface area contributed by atoms with Gasteiger partial charge in [0.25, 0.3) is 7.82 Å². The first kappa shape index (κ1) is 63.2. The van der Waals surface area contributed by atoms with E-state index < -0.39 is 20.0 Å². The Morgan fingerprint density at radius 1 is 0.531 bits per heavy atom. The van der Waals surface area contributed by atoms with Crippen LogP contribution < -0.4 is 10.2 Å². The molecule has 0 spiro atoms. The summed E-state index contributed by atoms with van der Waals surface area (Å²) in [7, 11) is 1.27. The first-order valence-electron chi connectivity index (χ1n) is 28.1. The molecule has 8 nitrogen and oxygen atoms in total. The molecule has 0 bridgehead atoms. The summed E-state index contributed by atoms with van der Waals surface area (Å²) in [5, 5.41) is 13.8. The highest BCUT2D eigenvalue weighted by Gasteiger charge is 2.23. The molecule has 0 aliphatic rings. The number of hydrogen-bond acceptors (Lipinski definition) is 6. The lowest BCUT2D eigenvalue weighted by Crippen LogP contribution is -2.45. The number of unbranched alkanes of at least 4 members (excludes halogenated alkanes) is 39. The van der Waals surface area contributed by atoms with Gasteiger partial charge in [-0.3, -0.25) is 9.36 Å². The quantitative estimate of drug-likeness (QED) is 0.0272. The van der Waals surface area contributed by atoms with Gasteiger partial charge < -0.3 is 28.8 Å². The molecule has 0 saturated carbocycles. The largest absolute Gasteiger partial charge is 0.756 e. The predicted octanol–water partition coefficient (Wildman–Crippen LogP) is 16.0. The van der Waals surface area contributed by atoms with E-state index in [1.165, 1.54) is 225 Å². The Hall–Kier alpha value is -0.760. The van der Waals surface area contributed by atoms with Crippen LogP contribution in [0.1, 0.15) is 284 Å². The Bertz CT molecular complexity index is 1050. The van der Waals surface area contributed by atoms with Crippen LogP contribution in [0.25, 0.3) is 0 Å². The molecule has 382 valence electrons. The van der Waals surface area contributed by atoms with Gasteiger partial charge >= 0.3 is 0 Å². The summed E-state index contributed by atoms with van der Waals surface area (Å²) < 4.78 is 23.2. The normalized spacial score (nSPS) is 14.0. The number of phosphoric ester groups is 1. The molecule has 2 N–H and O–H groups in total. The molecule has 0 aliphatic carbocycles. The zero-order valence-electron chi connectivity index (χ0n) is 43.5. The second-order valence-electron chi connectivity index (χ2n) is 20.7. The van der Waals surface area contributed by atoms with Crippen molar-refractivity contribution in [1.82, 2.24) is 5.32 Å². The fourth-order valence-corrected chi connectivity index (χ4v) is 9.29. The third-order valence-corrected chi connectivity index (χ3v) is 14.0. The van der Waals surface area contributed by atoms with Crippen LogP contribution in [0.3, 0.4) is 0 Å². The average molecular weight is 927 g/mol. The van der Waals surface area contributed by atoms with E-state index in [0.29, 0.717) is 17.4 Å². The molecule has 3 atom stereocenters. The van der Waals surface area contributed by atoms with Crippen molar-refractivity contribution < 1.29 is 32.9 Å². The molecule has 9 heteroatoms. The highest BCUT2D eigenvalue weighted by atomic mass is 31.2. The third kappa shape index (κ3) is 49.2. The Morgan fingerprint density at radius 2 is 0.844 bits per heavy atom. The second-order valence-corrected chi connectivity index (χ2v) is 22.1. The van der Waals surface area contributed by atoms with Gasteiger partial charge in [0.2, 0.25) is 5.91 Å². The number of carbonyl (C=O) groups excluding carboxylic acids is 1. The number of phosphoric acid groups is 1. The third-order valence-electron chi connectivity index (χ3n) is 13.0. The number of aliphatic hydroxyl groups excluding tert-OH is 1. The van der Waals surface area contributed by atoms with Gasteiger partial charge in [-0.15, -0.1) is 0 Å². The lowest BCUT2D eigenvalue weighted by molar-refractivity contribution is -0.870. The summed E-state index contributed by atoms with van der Waals surface area (Å²) in [6.45, 7) is 4.66. The van der Waals surface area contributed by atoms with Crippen molar-refractivity contribution in [3.63, 3.8) is 0 Å². The molecule has 0 aromatic heterocycles. The van der Waals surface area contributed by atoms with Gasteiger partial charge in [-0.1, -0.05) is 270 Å². The van der Waals surface area contributed by atoms with Crippen molar-refractivity contribution in [2.24, 2.45) is 0 Å². The summed E-state index contributed by atoms with van der Waals surface area (Å²) in [6, 6.07) is -0.880.